The van der Waals surface area contributed by atoms with Crippen LogP contribution in [0.5, 0.6) is 0 Å². The van der Waals surface area contributed by atoms with Crippen LogP contribution in [0.3, 0.4) is 0 Å². The molecule has 0 aliphatic heterocycles. The number of hydrogen-bond acceptors (Lipinski definition) is 9. The molecule has 2 aromatic heterocycles. The van der Waals surface area contributed by atoms with Gasteiger partial charge in [0.1, 0.15) is 22.1 Å². The molecule has 0 unspecified atom stereocenters. The van der Waals surface area contributed by atoms with E-state index in [4.69, 9.17) is 10.3 Å². The molecule has 3 N–H and O–H groups in total. The van der Waals surface area contributed by atoms with Gasteiger partial charge in [-0.15, -0.1) is 0 Å². The van der Waals surface area contributed by atoms with E-state index in [9.17, 15) is 12.8 Å². The van der Waals surface area contributed by atoms with Crippen LogP contribution < -0.4 is 11.1 Å². The number of nitrogens with zero attached hydrogens (tertiary/aromatic N) is 4. The van der Waals surface area contributed by atoms with Crippen LogP contribution in [0.15, 0.2) is 33.8 Å². The predicted octanol–water partition coefficient (Wildman–Crippen LogP) is 2.69. The van der Waals surface area contributed by atoms with Crippen molar-refractivity contribution >= 4 is 27.3 Å². The summed E-state index contributed by atoms with van der Waals surface area (Å²) in [5.41, 5.74) is 6.31. The fourth-order valence-corrected chi connectivity index (χ4v) is 2.99. The van der Waals surface area contributed by atoms with E-state index in [0.29, 0.717) is 11.4 Å². The Morgan fingerprint density at radius 2 is 1.93 bits per heavy atom. The molecule has 0 amide bonds. The quantitative estimate of drug-likeness (QED) is 0.670. The summed E-state index contributed by atoms with van der Waals surface area (Å²) < 4.78 is 42.2. The van der Waals surface area contributed by atoms with Crippen LogP contribution in [0.1, 0.15) is 26.6 Å². The summed E-state index contributed by atoms with van der Waals surface area (Å²) in [7, 11) is -3.65. The molecular weight excluding hydrogens is 387 g/mol. The number of halogens is 1. The molecule has 3 aromatic rings. The summed E-state index contributed by atoms with van der Waals surface area (Å²) in [6.07, 6.45) is 2.34. The average Bonchev–Trinajstić information content (AvgIpc) is 3.03. The highest BCUT2D eigenvalue weighted by molar-refractivity contribution is 7.90. The van der Waals surface area contributed by atoms with E-state index < -0.39 is 15.7 Å². The second-order valence-electron chi connectivity index (χ2n) is 7.21. The Kier molecular flexibility index (Phi) is 4.79. The second-order valence-corrected chi connectivity index (χ2v) is 9.19. The maximum absolute atomic E-state index is 14.0. The van der Waals surface area contributed by atoms with Gasteiger partial charge in [0.2, 0.25) is 5.95 Å². The molecule has 0 saturated heterocycles. The summed E-state index contributed by atoms with van der Waals surface area (Å²) in [6, 6.07) is 3.61. The minimum atomic E-state index is -3.65. The van der Waals surface area contributed by atoms with Crippen molar-refractivity contribution in [2.75, 3.05) is 17.3 Å². The summed E-state index contributed by atoms with van der Waals surface area (Å²) in [5.74, 6) is 0.0267. The number of nitrogen functional groups attached to an aromatic ring is 1. The van der Waals surface area contributed by atoms with E-state index in [1.54, 1.807) is 0 Å². The molecule has 0 aliphatic rings. The fraction of sp³-hybridized carbons (Fsp3) is 0.294. The molecule has 3 rings (SSSR count). The van der Waals surface area contributed by atoms with Crippen molar-refractivity contribution in [2.24, 2.45) is 0 Å². The SMILES string of the molecule is CC(C)(C)c1noc(-c2cnc(Nc3ccc(S(C)(=O)=O)c(F)c3)nc2N)n1. The molecule has 0 saturated carbocycles. The van der Waals surface area contributed by atoms with E-state index in [0.717, 1.165) is 18.4 Å². The molecule has 2 heterocycles. The minimum Gasteiger partial charge on any atom is -0.383 e. The zero-order chi connectivity index (χ0) is 20.7. The topological polar surface area (TPSA) is 137 Å². The number of hydrogen-bond donors (Lipinski definition) is 2. The Morgan fingerprint density at radius 1 is 1.21 bits per heavy atom. The first-order valence-corrected chi connectivity index (χ1v) is 10.1. The van der Waals surface area contributed by atoms with Gasteiger partial charge in [-0.3, -0.25) is 0 Å². The second kappa shape index (κ2) is 6.82. The first-order valence-electron chi connectivity index (χ1n) is 8.19. The zero-order valence-electron chi connectivity index (χ0n) is 15.7. The van der Waals surface area contributed by atoms with Crippen molar-refractivity contribution in [3.8, 4) is 11.5 Å². The third-order valence-corrected chi connectivity index (χ3v) is 4.86. The van der Waals surface area contributed by atoms with Crippen LogP contribution in [0, 0.1) is 5.82 Å². The normalized spacial score (nSPS) is 12.2. The van der Waals surface area contributed by atoms with E-state index in [1.165, 1.54) is 12.3 Å². The molecule has 0 radical (unpaired) electrons. The van der Waals surface area contributed by atoms with Gasteiger partial charge in [0, 0.05) is 23.6 Å². The van der Waals surface area contributed by atoms with Gasteiger partial charge in [-0.2, -0.15) is 9.97 Å². The molecule has 148 valence electrons. The van der Waals surface area contributed by atoms with E-state index >= 15 is 0 Å². The van der Waals surface area contributed by atoms with Gasteiger partial charge in [0.05, 0.1) is 0 Å². The monoisotopic (exact) mass is 406 g/mol. The summed E-state index contributed by atoms with van der Waals surface area (Å²) in [6.45, 7) is 5.84. The lowest BCUT2D eigenvalue weighted by molar-refractivity contribution is 0.402. The lowest BCUT2D eigenvalue weighted by Crippen LogP contribution is -2.13. The van der Waals surface area contributed by atoms with Crippen LogP contribution in [-0.2, 0) is 15.3 Å². The van der Waals surface area contributed by atoms with Gasteiger partial charge < -0.3 is 15.6 Å². The zero-order valence-corrected chi connectivity index (χ0v) is 16.5. The van der Waals surface area contributed by atoms with Gasteiger partial charge in [-0.1, -0.05) is 25.9 Å². The number of rotatable bonds is 4. The van der Waals surface area contributed by atoms with Crippen molar-refractivity contribution in [2.45, 2.75) is 31.1 Å². The van der Waals surface area contributed by atoms with Crippen LogP contribution in [-0.4, -0.2) is 34.8 Å². The molecule has 0 aliphatic carbocycles. The highest BCUT2D eigenvalue weighted by Crippen LogP contribution is 2.27. The minimum absolute atomic E-state index is 0.0924. The molecule has 0 spiro atoms. The Balaban J connectivity index is 1.85. The first kappa shape index (κ1) is 19.7. The van der Waals surface area contributed by atoms with Gasteiger partial charge in [-0.25, -0.2) is 17.8 Å². The molecule has 0 atom stereocenters. The fourth-order valence-electron chi connectivity index (χ4n) is 2.27. The van der Waals surface area contributed by atoms with Crippen LogP contribution in [0.2, 0.25) is 0 Å². The lowest BCUT2D eigenvalue weighted by Gasteiger charge is -2.11. The Labute approximate surface area is 161 Å². The van der Waals surface area contributed by atoms with Crippen LogP contribution >= 0.6 is 0 Å². The summed E-state index contributed by atoms with van der Waals surface area (Å²) >= 11 is 0. The highest BCUT2D eigenvalue weighted by Gasteiger charge is 2.23. The van der Waals surface area contributed by atoms with Gasteiger partial charge in [0.25, 0.3) is 5.89 Å². The van der Waals surface area contributed by atoms with Crippen molar-refractivity contribution in [1.82, 2.24) is 20.1 Å². The number of nitrogens with one attached hydrogen (secondary N) is 1. The molecule has 28 heavy (non-hydrogen) atoms. The standard InChI is InChI=1S/C17H19FN6O3S/c1-17(2,3)15-23-14(27-24-15)10-8-20-16(22-13(10)19)21-9-5-6-12(11(18)7-9)28(4,25)26/h5-8H,1-4H3,(H3,19,20,21,22). The lowest BCUT2D eigenvalue weighted by atomic mass is 9.96. The Hall–Kier alpha value is -3.08. The van der Waals surface area contributed by atoms with Crippen LogP contribution in [0.4, 0.5) is 21.8 Å². The number of anilines is 3. The average molecular weight is 406 g/mol. The summed E-state index contributed by atoms with van der Waals surface area (Å²) in [5, 5.41) is 6.70. The number of aromatic nitrogens is 4. The molecule has 1 aromatic carbocycles. The van der Waals surface area contributed by atoms with E-state index in [1.807, 2.05) is 20.8 Å². The van der Waals surface area contributed by atoms with Crippen LogP contribution in [0.25, 0.3) is 11.5 Å². The molecule has 0 fully saturated rings. The maximum atomic E-state index is 14.0. The predicted molar refractivity (Wildman–Crippen MR) is 101 cm³/mol. The largest absolute Gasteiger partial charge is 0.383 e. The molecular formula is C17H19FN6O3S. The van der Waals surface area contributed by atoms with Gasteiger partial charge >= 0.3 is 0 Å². The summed E-state index contributed by atoms with van der Waals surface area (Å²) in [4.78, 5) is 12.1. The smallest absolute Gasteiger partial charge is 0.263 e. The number of sulfone groups is 1. The van der Waals surface area contributed by atoms with Crippen molar-refractivity contribution in [3.63, 3.8) is 0 Å². The first-order chi connectivity index (χ1) is 12.9. The number of benzene rings is 1. The third-order valence-electron chi connectivity index (χ3n) is 3.73. The maximum Gasteiger partial charge on any atom is 0.263 e. The number of nitrogens with two attached hydrogens (primary N) is 1. The van der Waals surface area contributed by atoms with Crippen molar-refractivity contribution < 1.29 is 17.3 Å². The highest BCUT2D eigenvalue weighted by atomic mass is 32.2. The molecule has 9 nitrogen and oxygen atoms in total. The Morgan fingerprint density at radius 3 is 2.46 bits per heavy atom. The van der Waals surface area contributed by atoms with E-state index in [2.05, 4.69) is 25.4 Å². The van der Waals surface area contributed by atoms with Crippen molar-refractivity contribution in [1.29, 1.82) is 0 Å². The molecule has 11 heteroatoms. The van der Waals surface area contributed by atoms with Gasteiger partial charge in [0.15, 0.2) is 15.7 Å². The van der Waals surface area contributed by atoms with E-state index in [-0.39, 0.29) is 33.7 Å². The third kappa shape index (κ3) is 4.09. The molecule has 0 bridgehead atoms. The van der Waals surface area contributed by atoms with Crippen molar-refractivity contribution in [3.05, 3.63) is 36.0 Å². The van der Waals surface area contributed by atoms with Gasteiger partial charge in [-0.05, 0) is 18.2 Å². The Bertz CT molecular complexity index is 1140.